The van der Waals surface area contributed by atoms with Crippen molar-refractivity contribution < 1.29 is 9.59 Å². The van der Waals surface area contributed by atoms with Crippen LogP contribution in [0.15, 0.2) is 60.9 Å². The van der Waals surface area contributed by atoms with Gasteiger partial charge in [0.1, 0.15) is 6.33 Å². The zero-order chi connectivity index (χ0) is 16.8. The maximum Gasteiger partial charge on any atom is 0.240 e. The van der Waals surface area contributed by atoms with Gasteiger partial charge in [0.2, 0.25) is 11.8 Å². The first-order chi connectivity index (χ1) is 11.7. The van der Waals surface area contributed by atoms with Crippen LogP contribution in [0.1, 0.15) is 12.0 Å². The minimum absolute atomic E-state index is 0.0953. The summed E-state index contributed by atoms with van der Waals surface area (Å²) >= 11 is 0. The molecule has 0 fully saturated rings. The number of aromatic nitrogens is 2. The van der Waals surface area contributed by atoms with E-state index >= 15 is 0 Å². The number of para-hydroxylation sites is 2. The molecule has 2 amide bonds. The van der Waals surface area contributed by atoms with Crippen LogP contribution in [0.3, 0.4) is 0 Å². The standard InChI is InChI=1S/C18H18N4O2/c23-17(21-22-13-20-15-8-4-5-9-16(15)22)10-11-19-18(24)12-14-6-2-1-3-7-14/h1-9,13H,10-12H2,(H,19,24)(H,21,23). The van der Waals surface area contributed by atoms with Crippen LogP contribution in [0.5, 0.6) is 0 Å². The summed E-state index contributed by atoms with van der Waals surface area (Å²) in [7, 11) is 0. The van der Waals surface area contributed by atoms with E-state index in [4.69, 9.17) is 0 Å². The van der Waals surface area contributed by atoms with Gasteiger partial charge in [-0.2, -0.15) is 0 Å². The lowest BCUT2D eigenvalue weighted by atomic mass is 10.1. The Morgan fingerprint density at radius 3 is 2.54 bits per heavy atom. The van der Waals surface area contributed by atoms with Gasteiger partial charge >= 0.3 is 0 Å². The van der Waals surface area contributed by atoms with Gasteiger partial charge in [0.25, 0.3) is 0 Å². The van der Waals surface area contributed by atoms with E-state index in [1.54, 1.807) is 11.0 Å². The van der Waals surface area contributed by atoms with Crippen LogP contribution in [0.25, 0.3) is 11.0 Å². The molecule has 24 heavy (non-hydrogen) atoms. The molecule has 0 saturated carbocycles. The predicted molar refractivity (Wildman–Crippen MR) is 91.9 cm³/mol. The first-order valence-electron chi connectivity index (χ1n) is 7.75. The Balaban J connectivity index is 1.45. The number of fused-ring (bicyclic) bond motifs is 1. The number of imidazole rings is 1. The molecule has 3 rings (SSSR count). The number of hydrogen-bond acceptors (Lipinski definition) is 3. The van der Waals surface area contributed by atoms with E-state index in [2.05, 4.69) is 15.7 Å². The van der Waals surface area contributed by atoms with Crippen LogP contribution >= 0.6 is 0 Å². The number of nitrogens with one attached hydrogen (secondary N) is 2. The highest BCUT2D eigenvalue weighted by Gasteiger charge is 2.07. The monoisotopic (exact) mass is 322 g/mol. The lowest BCUT2D eigenvalue weighted by molar-refractivity contribution is -0.120. The van der Waals surface area contributed by atoms with Gasteiger partial charge in [0, 0.05) is 13.0 Å². The molecule has 2 N–H and O–H groups in total. The average molecular weight is 322 g/mol. The molecule has 0 spiro atoms. The highest BCUT2D eigenvalue weighted by Crippen LogP contribution is 2.09. The van der Waals surface area contributed by atoms with E-state index in [0.717, 1.165) is 16.6 Å². The van der Waals surface area contributed by atoms with Gasteiger partial charge < -0.3 is 5.32 Å². The molecule has 0 aliphatic carbocycles. The normalized spacial score (nSPS) is 10.5. The molecule has 6 nitrogen and oxygen atoms in total. The topological polar surface area (TPSA) is 76.0 Å². The second-order valence-corrected chi connectivity index (χ2v) is 5.40. The number of carbonyl (C=O) groups is 2. The molecular formula is C18H18N4O2. The Morgan fingerprint density at radius 2 is 1.71 bits per heavy atom. The maximum absolute atomic E-state index is 12.0. The van der Waals surface area contributed by atoms with Crippen molar-refractivity contribution in [2.24, 2.45) is 0 Å². The van der Waals surface area contributed by atoms with Crippen LogP contribution in [0.2, 0.25) is 0 Å². The number of hydrogen-bond donors (Lipinski definition) is 2. The summed E-state index contributed by atoms with van der Waals surface area (Å²) in [5.41, 5.74) is 5.35. The summed E-state index contributed by atoms with van der Waals surface area (Å²) in [6.07, 6.45) is 2.08. The molecule has 0 aliphatic rings. The summed E-state index contributed by atoms with van der Waals surface area (Å²) in [4.78, 5) is 28.0. The van der Waals surface area contributed by atoms with Crippen molar-refractivity contribution in [2.45, 2.75) is 12.8 Å². The third-order valence-electron chi connectivity index (χ3n) is 3.58. The molecule has 0 saturated heterocycles. The summed E-state index contributed by atoms with van der Waals surface area (Å²) in [5, 5.41) is 2.75. The molecular weight excluding hydrogens is 304 g/mol. The minimum atomic E-state index is -0.182. The summed E-state index contributed by atoms with van der Waals surface area (Å²) in [6, 6.07) is 17.0. The Hall–Kier alpha value is -3.15. The molecule has 0 unspecified atom stereocenters. The molecule has 3 aromatic rings. The van der Waals surface area contributed by atoms with Crippen molar-refractivity contribution in [3.05, 3.63) is 66.5 Å². The molecule has 0 radical (unpaired) electrons. The van der Waals surface area contributed by atoms with E-state index in [1.807, 2.05) is 54.6 Å². The Kier molecular flexibility index (Phi) is 4.86. The third-order valence-corrected chi connectivity index (χ3v) is 3.58. The fourth-order valence-corrected chi connectivity index (χ4v) is 2.40. The highest BCUT2D eigenvalue weighted by atomic mass is 16.2. The number of benzene rings is 2. The fraction of sp³-hybridized carbons (Fsp3) is 0.167. The van der Waals surface area contributed by atoms with Crippen molar-refractivity contribution >= 4 is 22.8 Å². The van der Waals surface area contributed by atoms with Gasteiger partial charge in [-0.1, -0.05) is 42.5 Å². The van der Waals surface area contributed by atoms with Gasteiger partial charge in [-0.15, -0.1) is 0 Å². The summed E-state index contributed by atoms with van der Waals surface area (Å²) in [6.45, 7) is 0.296. The van der Waals surface area contributed by atoms with Gasteiger partial charge in [-0.05, 0) is 17.7 Å². The van der Waals surface area contributed by atoms with Crippen molar-refractivity contribution in [3.8, 4) is 0 Å². The third kappa shape index (κ3) is 3.98. The van der Waals surface area contributed by atoms with Crippen molar-refractivity contribution in [1.29, 1.82) is 0 Å². The van der Waals surface area contributed by atoms with Crippen LogP contribution in [-0.4, -0.2) is 28.0 Å². The van der Waals surface area contributed by atoms with Gasteiger partial charge in [0.05, 0.1) is 17.5 Å². The Morgan fingerprint density at radius 1 is 0.958 bits per heavy atom. The first-order valence-corrected chi connectivity index (χ1v) is 7.75. The van der Waals surface area contributed by atoms with E-state index in [9.17, 15) is 9.59 Å². The predicted octanol–water partition coefficient (Wildman–Crippen LogP) is 1.86. The number of carbonyl (C=O) groups excluding carboxylic acids is 2. The zero-order valence-electron chi connectivity index (χ0n) is 13.1. The van der Waals surface area contributed by atoms with Crippen molar-refractivity contribution in [1.82, 2.24) is 15.0 Å². The molecule has 0 bridgehead atoms. The van der Waals surface area contributed by atoms with Crippen molar-refractivity contribution in [2.75, 3.05) is 12.0 Å². The minimum Gasteiger partial charge on any atom is -0.355 e. The van der Waals surface area contributed by atoms with Crippen LogP contribution < -0.4 is 10.7 Å². The van der Waals surface area contributed by atoms with Crippen LogP contribution in [0.4, 0.5) is 0 Å². The molecule has 1 heterocycles. The quantitative estimate of drug-likeness (QED) is 0.727. The molecule has 0 atom stereocenters. The second-order valence-electron chi connectivity index (χ2n) is 5.40. The van der Waals surface area contributed by atoms with Crippen molar-refractivity contribution in [3.63, 3.8) is 0 Å². The van der Waals surface area contributed by atoms with E-state index in [-0.39, 0.29) is 18.2 Å². The lowest BCUT2D eigenvalue weighted by Crippen LogP contribution is -2.30. The van der Waals surface area contributed by atoms with Gasteiger partial charge in [-0.3, -0.25) is 15.0 Å². The van der Waals surface area contributed by atoms with E-state index in [1.165, 1.54) is 0 Å². The molecule has 2 aromatic carbocycles. The van der Waals surface area contributed by atoms with Gasteiger partial charge in [0.15, 0.2) is 0 Å². The SMILES string of the molecule is O=C(Cc1ccccc1)NCCC(=O)Nn1cnc2ccccc21. The smallest absolute Gasteiger partial charge is 0.240 e. The zero-order valence-corrected chi connectivity index (χ0v) is 13.1. The summed E-state index contributed by atoms with van der Waals surface area (Å²) < 4.78 is 1.59. The Bertz CT molecular complexity index is 842. The highest BCUT2D eigenvalue weighted by molar-refractivity contribution is 5.87. The lowest BCUT2D eigenvalue weighted by Gasteiger charge is -2.08. The molecule has 6 heteroatoms. The second kappa shape index (κ2) is 7.41. The van der Waals surface area contributed by atoms with E-state index < -0.39 is 0 Å². The number of nitrogens with zero attached hydrogens (tertiary/aromatic N) is 2. The maximum atomic E-state index is 12.0. The largest absolute Gasteiger partial charge is 0.355 e. The molecule has 122 valence electrons. The number of rotatable bonds is 6. The fourth-order valence-electron chi connectivity index (χ4n) is 2.40. The van der Waals surface area contributed by atoms with Crippen LogP contribution in [-0.2, 0) is 16.0 Å². The molecule has 0 aliphatic heterocycles. The van der Waals surface area contributed by atoms with E-state index in [0.29, 0.717) is 13.0 Å². The van der Waals surface area contributed by atoms with Gasteiger partial charge in [-0.25, -0.2) is 9.66 Å². The molecule has 1 aromatic heterocycles. The number of amides is 2. The van der Waals surface area contributed by atoms with Crippen LogP contribution in [0, 0.1) is 0 Å². The Labute approximate surface area is 139 Å². The first kappa shape index (κ1) is 15.7. The summed E-state index contributed by atoms with van der Waals surface area (Å²) in [5.74, 6) is -0.278. The average Bonchev–Trinajstić information content (AvgIpc) is 2.99.